The van der Waals surface area contributed by atoms with E-state index in [4.69, 9.17) is 9.15 Å². The Kier molecular flexibility index (Phi) is 4.79. The number of Topliss-reactive ketones (excluding diaryl/α,β-unsaturated/α-hetero) is 1. The standard InChI is InChI=1S/C22H19F3N4O3/c1-2-31-14-7-5-12(6-8-14)19-18-15(10-13(11-16(18)30)17-4-3-9-32-17)26-21-27-20(22(23,24)25)28-29(19)21/h3-9,13,19H,2,10-11H2,1H3,(H,26,27,28)/t13-,19+/m1/s1. The van der Waals surface area contributed by atoms with Gasteiger partial charge < -0.3 is 14.5 Å². The van der Waals surface area contributed by atoms with Crippen molar-refractivity contribution >= 4 is 11.7 Å². The summed E-state index contributed by atoms with van der Waals surface area (Å²) in [5.74, 6) is -0.405. The number of anilines is 1. The number of nitrogens with one attached hydrogen (secondary N) is 1. The molecule has 1 N–H and O–H groups in total. The highest BCUT2D eigenvalue weighted by Crippen LogP contribution is 2.45. The van der Waals surface area contributed by atoms with Crippen LogP contribution in [0, 0.1) is 0 Å². The molecular formula is C22H19F3N4O3. The third-order valence-corrected chi connectivity index (χ3v) is 5.63. The van der Waals surface area contributed by atoms with Crippen molar-refractivity contribution in [1.82, 2.24) is 14.8 Å². The number of aromatic nitrogens is 3. The molecule has 0 spiro atoms. The van der Waals surface area contributed by atoms with Gasteiger partial charge in [-0.05, 0) is 43.2 Å². The summed E-state index contributed by atoms with van der Waals surface area (Å²) in [6.07, 6.45) is -2.57. The number of allylic oxidation sites excluding steroid dienone is 2. The van der Waals surface area contributed by atoms with E-state index in [-0.39, 0.29) is 24.1 Å². The van der Waals surface area contributed by atoms with Crippen molar-refractivity contribution in [2.24, 2.45) is 0 Å². The predicted octanol–water partition coefficient (Wildman–Crippen LogP) is 4.70. The van der Waals surface area contributed by atoms with Gasteiger partial charge in [0.1, 0.15) is 17.6 Å². The number of nitrogens with zero attached hydrogens (tertiary/aromatic N) is 3. The minimum atomic E-state index is -4.71. The van der Waals surface area contributed by atoms with Gasteiger partial charge in [0.15, 0.2) is 5.78 Å². The fourth-order valence-corrected chi connectivity index (χ4v) is 4.28. The highest BCUT2D eigenvalue weighted by molar-refractivity contribution is 6.00. The number of halogens is 3. The number of carbonyl (C=O) groups excluding carboxylic acids is 1. The molecule has 0 saturated heterocycles. The number of ketones is 1. The lowest BCUT2D eigenvalue weighted by atomic mass is 9.79. The first-order chi connectivity index (χ1) is 15.3. The van der Waals surface area contributed by atoms with Crippen LogP contribution in [0.15, 0.2) is 58.3 Å². The number of alkyl halides is 3. The molecule has 2 aromatic heterocycles. The van der Waals surface area contributed by atoms with E-state index >= 15 is 0 Å². The Morgan fingerprint density at radius 2 is 2.00 bits per heavy atom. The number of hydrogen-bond donors (Lipinski definition) is 1. The second-order valence-corrected chi connectivity index (χ2v) is 7.67. The first kappa shape index (κ1) is 20.3. The van der Waals surface area contributed by atoms with Crippen LogP contribution in [0.2, 0.25) is 0 Å². The maximum Gasteiger partial charge on any atom is 0.453 e. The van der Waals surface area contributed by atoms with E-state index in [9.17, 15) is 18.0 Å². The zero-order valence-corrected chi connectivity index (χ0v) is 17.0. The van der Waals surface area contributed by atoms with Gasteiger partial charge in [0.2, 0.25) is 5.95 Å². The van der Waals surface area contributed by atoms with Gasteiger partial charge in [0.25, 0.3) is 5.82 Å². The van der Waals surface area contributed by atoms with Gasteiger partial charge in [-0.25, -0.2) is 4.68 Å². The summed E-state index contributed by atoms with van der Waals surface area (Å²) in [5, 5.41) is 6.64. The monoisotopic (exact) mass is 444 g/mol. The summed E-state index contributed by atoms with van der Waals surface area (Å²) in [6.45, 7) is 2.34. The number of furan rings is 1. The van der Waals surface area contributed by atoms with Crippen LogP contribution in [0.1, 0.15) is 48.9 Å². The van der Waals surface area contributed by atoms with Crippen LogP contribution < -0.4 is 10.1 Å². The summed E-state index contributed by atoms with van der Waals surface area (Å²) < 4.78 is 52.2. The minimum Gasteiger partial charge on any atom is -0.494 e. The molecule has 2 atom stereocenters. The largest absolute Gasteiger partial charge is 0.494 e. The molecule has 0 radical (unpaired) electrons. The lowest BCUT2D eigenvalue weighted by molar-refractivity contribution is -0.145. The molecule has 1 aliphatic carbocycles. The molecule has 7 nitrogen and oxygen atoms in total. The average Bonchev–Trinajstić information content (AvgIpc) is 3.43. The Hall–Kier alpha value is -3.56. The molecule has 0 bridgehead atoms. The van der Waals surface area contributed by atoms with Crippen molar-refractivity contribution < 1.29 is 27.1 Å². The number of rotatable bonds is 4. The van der Waals surface area contributed by atoms with Crippen molar-refractivity contribution in [1.29, 1.82) is 0 Å². The molecule has 0 unspecified atom stereocenters. The quantitative estimate of drug-likeness (QED) is 0.628. The fourth-order valence-electron chi connectivity index (χ4n) is 4.28. The Bertz CT molecular complexity index is 1180. The molecule has 0 amide bonds. The maximum absolute atomic E-state index is 13.4. The SMILES string of the molecule is CCOc1ccc([C@H]2C3=C(C[C@@H](c4ccco4)CC3=O)Nc3nc(C(F)(F)F)nn32)cc1. The molecule has 0 saturated carbocycles. The molecule has 32 heavy (non-hydrogen) atoms. The zero-order valence-electron chi connectivity index (χ0n) is 17.0. The lowest BCUT2D eigenvalue weighted by Gasteiger charge is -2.34. The lowest BCUT2D eigenvalue weighted by Crippen LogP contribution is -2.33. The first-order valence-corrected chi connectivity index (χ1v) is 10.2. The van der Waals surface area contributed by atoms with Crippen LogP contribution in [0.25, 0.3) is 0 Å². The van der Waals surface area contributed by atoms with E-state index in [1.807, 2.05) is 6.92 Å². The van der Waals surface area contributed by atoms with Gasteiger partial charge in [-0.3, -0.25) is 4.79 Å². The van der Waals surface area contributed by atoms with Crippen LogP contribution in [0.4, 0.5) is 19.1 Å². The molecule has 3 heterocycles. The van der Waals surface area contributed by atoms with Crippen LogP contribution in [0.3, 0.4) is 0 Å². The van der Waals surface area contributed by atoms with E-state index in [1.165, 1.54) is 6.26 Å². The molecule has 0 fully saturated rings. The van der Waals surface area contributed by atoms with Gasteiger partial charge >= 0.3 is 6.18 Å². The average molecular weight is 444 g/mol. The second kappa shape index (κ2) is 7.54. The highest BCUT2D eigenvalue weighted by Gasteiger charge is 2.43. The number of benzene rings is 1. The molecule has 5 rings (SSSR count). The van der Waals surface area contributed by atoms with Gasteiger partial charge in [-0.2, -0.15) is 18.2 Å². The number of fused-ring (bicyclic) bond motifs is 1. The third-order valence-electron chi connectivity index (χ3n) is 5.63. The van der Waals surface area contributed by atoms with E-state index in [2.05, 4.69) is 15.4 Å². The van der Waals surface area contributed by atoms with E-state index in [0.29, 0.717) is 41.4 Å². The molecule has 1 aromatic carbocycles. The van der Waals surface area contributed by atoms with Crippen molar-refractivity contribution in [2.75, 3.05) is 11.9 Å². The van der Waals surface area contributed by atoms with Gasteiger partial charge in [-0.1, -0.05) is 12.1 Å². The normalized spacial score (nSPS) is 20.6. The summed E-state index contributed by atoms with van der Waals surface area (Å²) in [5.41, 5.74) is 1.55. The smallest absolute Gasteiger partial charge is 0.453 e. The molecule has 10 heteroatoms. The molecule has 1 aliphatic heterocycles. The van der Waals surface area contributed by atoms with Crippen molar-refractivity contribution in [3.63, 3.8) is 0 Å². The summed E-state index contributed by atoms with van der Waals surface area (Å²) in [4.78, 5) is 16.9. The van der Waals surface area contributed by atoms with E-state index < -0.39 is 18.0 Å². The van der Waals surface area contributed by atoms with Crippen LogP contribution in [0.5, 0.6) is 5.75 Å². The second-order valence-electron chi connectivity index (χ2n) is 7.67. The van der Waals surface area contributed by atoms with E-state index in [0.717, 1.165) is 4.68 Å². The Morgan fingerprint density at radius 3 is 2.66 bits per heavy atom. The first-order valence-electron chi connectivity index (χ1n) is 10.2. The summed E-state index contributed by atoms with van der Waals surface area (Å²) in [7, 11) is 0. The zero-order chi connectivity index (χ0) is 22.5. The molecule has 166 valence electrons. The Balaban J connectivity index is 1.61. The molecule has 3 aromatic rings. The van der Waals surface area contributed by atoms with E-state index in [1.54, 1.807) is 36.4 Å². The summed E-state index contributed by atoms with van der Waals surface area (Å²) in [6, 6.07) is 9.62. The topological polar surface area (TPSA) is 82.2 Å². The van der Waals surface area contributed by atoms with Crippen LogP contribution in [-0.4, -0.2) is 27.2 Å². The van der Waals surface area contributed by atoms with Gasteiger partial charge in [0, 0.05) is 23.6 Å². The maximum atomic E-state index is 13.4. The minimum absolute atomic E-state index is 0.0529. The molecular weight excluding hydrogens is 425 g/mol. The van der Waals surface area contributed by atoms with Crippen LogP contribution >= 0.6 is 0 Å². The number of hydrogen-bond acceptors (Lipinski definition) is 6. The van der Waals surface area contributed by atoms with Crippen LogP contribution in [-0.2, 0) is 11.0 Å². The van der Waals surface area contributed by atoms with Crippen molar-refractivity contribution in [3.8, 4) is 5.75 Å². The van der Waals surface area contributed by atoms with Crippen molar-refractivity contribution in [2.45, 2.75) is 37.9 Å². The van der Waals surface area contributed by atoms with Gasteiger partial charge in [-0.15, -0.1) is 5.10 Å². The Labute approximate surface area is 180 Å². The third kappa shape index (κ3) is 3.45. The van der Waals surface area contributed by atoms with Gasteiger partial charge in [0.05, 0.1) is 12.9 Å². The highest BCUT2D eigenvalue weighted by atomic mass is 19.4. The Morgan fingerprint density at radius 1 is 1.22 bits per heavy atom. The number of ether oxygens (including phenoxy) is 1. The van der Waals surface area contributed by atoms with Crippen molar-refractivity contribution in [3.05, 3.63) is 71.1 Å². The number of carbonyl (C=O) groups is 1. The predicted molar refractivity (Wildman–Crippen MR) is 107 cm³/mol. The summed E-state index contributed by atoms with van der Waals surface area (Å²) >= 11 is 0. The molecule has 2 aliphatic rings. The fraction of sp³-hybridized carbons (Fsp3) is 0.318.